The second kappa shape index (κ2) is 12.8. The molecule has 13 rings (SSSR count). The van der Waals surface area contributed by atoms with Crippen LogP contribution < -0.4 is 0 Å². The molecule has 4 heterocycles. The number of hydrogen-bond acceptors (Lipinski definition) is 2. The van der Waals surface area contributed by atoms with Crippen LogP contribution in [-0.4, -0.2) is 10.3 Å². The van der Waals surface area contributed by atoms with Gasteiger partial charge in [0.05, 0.1) is 28.1 Å². The van der Waals surface area contributed by atoms with Crippen LogP contribution in [0, 0.1) is 5.92 Å². The van der Waals surface area contributed by atoms with Crippen molar-refractivity contribution in [2.24, 2.45) is 10.9 Å². The predicted molar refractivity (Wildman–Crippen MR) is 252 cm³/mol. The van der Waals surface area contributed by atoms with Crippen molar-refractivity contribution < 1.29 is 4.42 Å². The largest absolute Gasteiger partial charge is 0.456 e. The lowest BCUT2D eigenvalue weighted by Gasteiger charge is -2.25. The van der Waals surface area contributed by atoms with Gasteiger partial charge in [0.1, 0.15) is 11.2 Å². The molecule has 60 heavy (non-hydrogen) atoms. The van der Waals surface area contributed by atoms with Crippen molar-refractivity contribution in [1.29, 1.82) is 0 Å². The number of nitrogens with zero attached hydrogens (tertiary/aromatic N) is 2. The molecule has 0 saturated heterocycles. The number of fused-ring (bicyclic) bond motifs is 15. The van der Waals surface area contributed by atoms with Gasteiger partial charge >= 0.3 is 0 Å². The minimum absolute atomic E-state index is 0.165. The summed E-state index contributed by atoms with van der Waals surface area (Å²) >= 11 is 0. The Bertz CT molecular complexity index is 3720. The number of allylic oxidation sites excluding steroid dienone is 3. The first-order valence-electron chi connectivity index (χ1n) is 21.0. The van der Waals surface area contributed by atoms with Crippen molar-refractivity contribution in [3.63, 3.8) is 0 Å². The molecule has 0 radical (unpaired) electrons. The van der Waals surface area contributed by atoms with Gasteiger partial charge in [-0.2, -0.15) is 0 Å². The van der Waals surface area contributed by atoms with E-state index in [1.807, 2.05) is 0 Å². The fourth-order valence-corrected chi connectivity index (χ4v) is 10.2. The third-order valence-corrected chi connectivity index (χ3v) is 13.2. The summed E-state index contributed by atoms with van der Waals surface area (Å²) in [4.78, 5) is 5.86. The zero-order valence-electron chi connectivity index (χ0n) is 33.1. The minimum Gasteiger partial charge on any atom is -0.456 e. The Balaban J connectivity index is 1.17. The van der Waals surface area contributed by atoms with E-state index in [9.17, 15) is 0 Å². The fourth-order valence-electron chi connectivity index (χ4n) is 10.2. The van der Waals surface area contributed by atoms with Gasteiger partial charge in [0.15, 0.2) is 0 Å². The van der Waals surface area contributed by atoms with Gasteiger partial charge in [-0.05, 0) is 103 Å². The molecular weight excluding hydrogens is 729 g/mol. The maximum atomic E-state index is 6.71. The van der Waals surface area contributed by atoms with E-state index in [1.165, 1.54) is 70.8 Å². The maximum Gasteiger partial charge on any atom is 0.136 e. The second-order valence-electron chi connectivity index (χ2n) is 16.7. The summed E-state index contributed by atoms with van der Waals surface area (Å²) in [7, 11) is 0. The molecule has 0 amide bonds. The van der Waals surface area contributed by atoms with Crippen molar-refractivity contribution in [2.45, 2.75) is 19.8 Å². The van der Waals surface area contributed by atoms with E-state index in [0.29, 0.717) is 6.42 Å². The molecule has 2 aromatic heterocycles. The van der Waals surface area contributed by atoms with Gasteiger partial charge in [0, 0.05) is 45.0 Å². The SMILES string of the molecule is CC1C/C=C2/C(=C(c3ccc4c(ccc5ccccc54)c3)\N=C/1c1ccccc1)Cc1ccc3c4cc5ccccc5cc4n(c3c1)-c1cc3c(cc12)oc1ccccc13. The molecule has 0 spiro atoms. The predicted octanol–water partition coefficient (Wildman–Crippen LogP) is 15.0. The third kappa shape index (κ3) is 4.99. The zero-order valence-corrected chi connectivity index (χ0v) is 33.1. The summed E-state index contributed by atoms with van der Waals surface area (Å²) < 4.78 is 9.25. The van der Waals surface area contributed by atoms with Crippen LogP contribution in [0.2, 0.25) is 0 Å². The van der Waals surface area contributed by atoms with Crippen LogP contribution in [0.4, 0.5) is 0 Å². The average molecular weight is 767 g/mol. The van der Waals surface area contributed by atoms with Gasteiger partial charge in [-0.15, -0.1) is 0 Å². The monoisotopic (exact) mass is 766 g/mol. The standard InChI is InChI=1S/C57H38N2O/c1-34-19-24-44-48-33-55-49(46-17-9-10-18-54(46)60-55)32-53(48)59-51-28-35(20-25-45(51)47-30-38-14-5-6-15-39(38)31-52(47)59)27-50(44)57(58-56(34)37-12-3-2-4-13-37)41-23-26-43-40(29-41)22-21-36-11-7-8-16-42(36)43/h2-18,20-26,28-34H,19,27H2,1H3/b44-24+,57-50-,58-56+. The molecule has 11 aromatic rings. The Hall–Kier alpha value is -7.49. The first kappa shape index (κ1) is 33.5. The average Bonchev–Trinajstić information content (AvgIpc) is 3.82. The van der Waals surface area contributed by atoms with Gasteiger partial charge in [0.25, 0.3) is 0 Å². The zero-order chi connectivity index (χ0) is 39.5. The smallest absolute Gasteiger partial charge is 0.136 e. The van der Waals surface area contributed by atoms with E-state index in [2.05, 4.69) is 193 Å². The van der Waals surface area contributed by atoms with Crippen LogP contribution >= 0.6 is 0 Å². The van der Waals surface area contributed by atoms with Crippen LogP contribution in [0.15, 0.2) is 197 Å². The summed E-state index contributed by atoms with van der Waals surface area (Å²) in [5, 5.41) is 12.2. The highest BCUT2D eigenvalue weighted by molar-refractivity contribution is 6.16. The highest BCUT2D eigenvalue weighted by atomic mass is 16.3. The molecule has 3 nitrogen and oxygen atoms in total. The summed E-state index contributed by atoms with van der Waals surface area (Å²) in [6.45, 7) is 2.33. The van der Waals surface area contributed by atoms with Crippen molar-refractivity contribution >= 4 is 93.0 Å². The molecule has 2 aliphatic heterocycles. The molecule has 1 atom stereocenters. The maximum absolute atomic E-state index is 6.71. The number of benzene rings is 9. The van der Waals surface area contributed by atoms with E-state index >= 15 is 0 Å². The van der Waals surface area contributed by atoms with Gasteiger partial charge in [0.2, 0.25) is 0 Å². The fraction of sp³-hybridized carbons (Fsp3) is 0.0702. The summed E-state index contributed by atoms with van der Waals surface area (Å²) in [5.74, 6) is 0.165. The number of hydrogen-bond donors (Lipinski definition) is 0. The van der Waals surface area contributed by atoms with Crippen LogP contribution in [0.1, 0.15) is 35.6 Å². The molecule has 1 unspecified atom stereocenters. The van der Waals surface area contributed by atoms with E-state index in [1.54, 1.807) is 0 Å². The first-order valence-corrected chi connectivity index (χ1v) is 21.0. The minimum atomic E-state index is 0.165. The summed E-state index contributed by atoms with van der Waals surface area (Å²) in [6.07, 6.45) is 4.06. The number of rotatable bonds is 2. The second-order valence-corrected chi connectivity index (χ2v) is 16.7. The molecule has 0 aliphatic carbocycles. The molecule has 9 aromatic carbocycles. The van der Waals surface area contributed by atoms with Crippen LogP contribution in [0.25, 0.3) is 93.0 Å². The number of furan rings is 1. The first-order chi connectivity index (χ1) is 29.6. The Morgan fingerprint density at radius 2 is 1.23 bits per heavy atom. The molecule has 282 valence electrons. The molecule has 0 fully saturated rings. The van der Waals surface area contributed by atoms with Gasteiger partial charge in [-0.1, -0.05) is 146 Å². The van der Waals surface area contributed by atoms with Gasteiger partial charge < -0.3 is 8.98 Å². The summed E-state index contributed by atoms with van der Waals surface area (Å²) in [6, 6.07) is 64.7. The Morgan fingerprint density at radius 1 is 0.517 bits per heavy atom. The lowest BCUT2D eigenvalue weighted by Crippen LogP contribution is -2.15. The molecule has 3 heteroatoms. The lowest BCUT2D eigenvalue weighted by atomic mass is 9.84. The number of aromatic nitrogens is 1. The lowest BCUT2D eigenvalue weighted by molar-refractivity contribution is 0.668. The van der Waals surface area contributed by atoms with E-state index in [4.69, 9.17) is 9.41 Å². The van der Waals surface area contributed by atoms with Crippen molar-refractivity contribution in [3.8, 4) is 5.69 Å². The highest BCUT2D eigenvalue weighted by Gasteiger charge is 2.28. The van der Waals surface area contributed by atoms with Crippen LogP contribution in [0.5, 0.6) is 0 Å². The Kier molecular flexibility index (Phi) is 7.12. The molecular formula is C57H38N2O. The van der Waals surface area contributed by atoms with E-state index in [0.717, 1.165) is 62.1 Å². The Labute approximate surface area is 346 Å². The Morgan fingerprint density at radius 3 is 2.12 bits per heavy atom. The topological polar surface area (TPSA) is 30.4 Å². The third-order valence-electron chi connectivity index (χ3n) is 13.2. The molecule has 0 saturated carbocycles. The van der Waals surface area contributed by atoms with Crippen molar-refractivity contribution in [2.75, 3.05) is 0 Å². The van der Waals surface area contributed by atoms with Gasteiger partial charge in [-0.25, -0.2) is 0 Å². The van der Waals surface area contributed by atoms with Crippen LogP contribution in [-0.2, 0) is 6.42 Å². The van der Waals surface area contributed by atoms with Crippen molar-refractivity contribution in [3.05, 3.63) is 210 Å². The van der Waals surface area contributed by atoms with E-state index < -0.39 is 0 Å². The normalized spacial score (nSPS) is 18.5. The highest BCUT2D eigenvalue weighted by Crippen LogP contribution is 2.46. The van der Waals surface area contributed by atoms with Crippen molar-refractivity contribution in [1.82, 2.24) is 4.57 Å². The molecule has 2 bridgehead atoms. The summed E-state index contributed by atoms with van der Waals surface area (Å²) in [5.41, 5.74) is 14.6. The number of aliphatic imine (C=N–C) groups is 1. The molecule has 0 N–H and O–H groups in total. The van der Waals surface area contributed by atoms with Gasteiger partial charge in [-0.3, -0.25) is 4.99 Å². The van der Waals surface area contributed by atoms with Crippen LogP contribution in [0.3, 0.4) is 0 Å². The number of para-hydroxylation sites is 1. The van der Waals surface area contributed by atoms with E-state index in [-0.39, 0.29) is 5.92 Å². The quantitative estimate of drug-likeness (QED) is 0.161. The molecule has 2 aliphatic rings.